The van der Waals surface area contributed by atoms with E-state index in [2.05, 4.69) is 159 Å². The number of hydrogen-bond acceptors (Lipinski definition) is 29. The number of aliphatic hydroxyl groups excluding tert-OH is 4. The van der Waals surface area contributed by atoms with E-state index in [0.717, 1.165) is 159 Å². The van der Waals surface area contributed by atoms with Crippen molar-refractivity contribution in [2.75, 3.05) is 192 Å². The van der Waals surface area contributed by atoms with Crippen LogP contribution >= 0.6 is 0 Å². The van der Waals surface area contributed by atoms with Gasteiger partial charge in [-0.3, -0.25) is 0 Å². The van der Waals surface area contributed by atoms with E-state index in [9.17, 15) is 20.4 Å². The minimum absolute atomic E-state index is 0.0530. The molecule has 0 saturated carbocycles. The molecule has 4 aliphatic rings. The molecule has 0 aromatic heterocycles. The highest BCUT2D eigenvalue weighted by Gasteiger charge is 2.41. The third kappa shape index (κ3) is 42.1. The summed E-state index contributed by atoms with van der Waals surface area (Å²) in [6.07, 6.45) is 5.81. The molecule has 8 aromatic carbocycles. The summed E-state index contributed by atoms with van der Waals surface area (Å²) in [5.74, 6) is 6.21. The van der Waals surface area contributed by atoms with E-state index in [4.69, 9.17) is 116 Å². The molecule has 12 rings (SSSR count). The number of ether oxygens (including phenoxy) is 16. The van der Waals surface area contributed by atoms with Gasteiger partial charge in [0.25, 0.3) is 0 Å². The first-order valence-corrected chi connectivity index (χ1v) is 58.3. The van der Waals surface area contributed by atoms with Gasteiger partial charge in [-0.2, -0.15) is 0 Å². The molecule has 0 aliphatic carbocycles. The molecule has 8 aromatic rings. The molecule has 0 spiro atoms. The molecule has 29 nitrogen and oxygen atoms in total. The lowest BCUT2D eigenvalue weighted by Gasteiger charge is -2.28. The topological polar surface area (TPSA) is 325 Å². The zero-order valence-electron chi connectivity index (χ0n) is 90.9. The van der Waals surface area contributed by atoms with Gasteiger partial charge in [-0.15, -0.1) is 13.2 Å². The van der Waals surface area contributed by atoms with Crippen molar-refractivity contribution in [3.05, 3.63) is 258 Å². The van der Waals surface area contributed by atoms with Crippen molar-refractivity contribution in [3.8, 4) is 46.0 Å². The van der Waals surface area contributed by atoms with Crippen molar-refractivity contribution in [3.63, 3.8) is 0 Å². The molecule has 32 heteroatoms. The van der Waals surface area contributed by atoms with Crippen molar-refractivity contribution < 1.29 is 136 Å². The first-order valence-electron chi connectivity index (χ1n) is 53.0. The third-order valence-electron chi connectivity index (χ3n) is 25.2. The zero-order valence-corrected chi connectivity index (χ0v) is 94.0. The Morgan fingerprint density at radius 3 is 0.845 bits per heavy atom. The minimum Gasteiger partial charge on any atom is -0.491 e. The van der Waals surface area contributed by atoms with Crippen LogP contribution in [0.3, 0.4) is 0 Å². The molecule has 148 heavy (non-hydrogen) atoms. The quantitative estimate of drug-likeness (QED) is 0.0119. The van der Waals surface area contributed by atoms with Gasteiger partial charge in [-0.1, -0.05) is 84.9 Å². The maximum Gasteiger partial charge on any atom is 0.501 e. The van der Waals surface area contributed by atoms with Crippen LogP contribution in [0.5, 0.6) is 46.0 Å². The fourth-order valence-corrected chi connectivity index (χ4v) is 23.1. The Morgan fingerprint density at radius 1 is 0.304 bits per heavy atom. The maximum atomic E-state index is 11.2. The number of hydrogen-bond donors (Lipinski definition) is 4. The Labute approximate surface area is 883 Å². The number of epoxide rings is 4. The molecule has 4 heterocycles. The molecule has 4 fully saturated rings. The molecular formula is C116H168O29Si3. The normalized spacial score (nSPS) is 15.9. The Bertz CT molecular complexity index is 5210. The summed E-state index contributed by atoms with van der Waals surface area (Å²) in [4.78, 5) is 0. The first-order chi connectivity index (χ1) is 71.7. The lowest BCUT2D eigenvalue weighted by molar-refractivity contribution is 0.00997. The molecule has 4 aliphatic heterocycles. The second kappa shape index (κ2) is 65.1. The van der Waals surface area contributed by atoms with Gasteiger partial charge < -0.3 is 136 Å². The van der Waals surface area contributed by atoms with Crippen molar-refractivity contribution in [1.82, 2.24) is 0 Å². The summed E-state index contributed by atoms with van der Waals surface area (Å²) in [6, 6.07) is 43.6. The molecule has 8 atom stereocenters. The fraction of sp³-hybridized carbons (Fsp3) is 0.552. The number of aryl methyl sites for hydroxylation is 2. The van der Waals surface area contributed by atoms with Crippen LogP contribution in [0, 0.1) is 55.4 Å². The number of aliphatic hydroxyl groups is 4. The summed E-state index contributed by atoms with van der Waals surface area (Å²) in [5.41, 5.74) is 21.5. The first kappa shape index (κ1) is 121. The number of rotatable bonds is 74. The van der Waals surface area contributed by atoms with Crippen molar-refractivity contribution >= 4 is 27.1 Å². The van der Waals surface area contributed by atoms with Gasteiger partial charge in [0, 0.05) is 84.8 Å². The average Bonchev–Trinajstić information content (AvgIpc) is 1.21. The highest BCUT2D eigenvalue weighted by Crippen LogP contribution is 2.39. The molecule has 8 unspecified atom stereocenters. The maximum absolute atomic E-state index is 11.2. The summed E-state index contributed by atoms with van der Waals surface area (Å²) < 4.78 is 146. The van der Waals surface area contributed by atoms with E-state index in [-0.39, 0.29) is 77.3 Å². The Kier molecular flexibility index (Phi) is 53.4. The lowest BCUT2D eigenvalue weighted by Crippen LogP contribution is -2.46. The van der Waals surface area contributed by atoms with Crippen LogP contribution in [0.15, 0.2) is 147 Å². The van der Waals surface area contributed by atoms with Crippen LogP contribution in [0.1, 0.15) is 186 Å². The van der Waals surface area contributed by atoms with E-state index in [1.54, 1.807) is 12.2 Å². The highest BCUT2D eigenvalue weighted by atomic mass is 28.4. The second-order valence-electron chi connectivity index (χ2n) is 37.4. The standard InChI is InChI=1S/C61H92O16Si2.C49H60O10.C6H16O3Si/c1-11-72-78(73-12-2,74-13-3)26-18-24-64-36-54(62)38-68-58-21-17-20-51(45(58)8)29-49-30-53(47(10)61(34-49)71-43-57-41-67-57)32-50-31-52(28-48-23-22-44(7)59(33-48)70-42-56-40-66-56)46(9)60(35-50)69-39-55(63)37-65-25-19-27-79(75-14-4,76-15-5)77-16-6;1-7-14-52-24-42(50)26-56-46-11-9-10-39(33(46)4)17-37-18-41(35(6)49(22-37)59-31-45-29-55-45)20-38-19-40(34(5)48(23-38)57-27-43(51)25-53-15-8-2)16-36-13-12-32(3)47(21-36)58-30-44-28-54-44;1-4-7-10(8-5-2)9-6-3/h17,20-23,30-31,33-35,54-57,62-63H,11-16,18-19,24-29,32,36-43H2,1-10H3;7-13,18-19,21-23,42-45,50-51H,1-2,14-17,20,24-31H2,3-6H3;10H,4-6H2,1-3H3. The third-order valence-corrected chi connectivity index (χ3v) is 33.3. The van der Waals surface area contributed by atoms with Gasteiger partial charge in [0.1, 0.15) is 148 Å². The SMILES string of the molecule is C=CCOCC(O)COc1cccc(Cc2cc(Cc3cc(Cc4ccc(C)c(OCC5CO5)c4)c(C)c(OCC(O)COCC=C)c3)c(C)c(OCC3CO3)c2)c1C.CCO[SiH](OCC)OCC.CCO[Si](CCCOCC(O)COc1cccc(Cc2cc(Cc3cc(Cc4ccc(C)c(OCC5CO5)c4)c(C)c(OCC(O)COCCC[Si](OCC)(OCC)OCC)c3)c(C)c(OCC3CO3)c2)c1C)(OCC)OCC. The minimum atomic E-state index is -2.79. The van der Waals surface area contributed by atoms with Crippen LogP contribution in [0.25, 0.3) is 0 Å². The predicted octanol–water partition coefficient (Wildman–Crippen LogP) is 17.6. The molecule has 0 bridgehead atoms. The van der Waals surface area contributed by atoms with Crippen LogP contribution < -0.4 is 37.9 Å². The predicted molar refractivity (Wildman–Crippen MR) is 579 cm³/mol. The van der Waals surface area contributed by atoms with Gasteiger partial charge in [-0.05, 0) is 329 Å². The summed E-state index contributed by atoms with van der Waals surface area (Å²) in [5, 5.41) is 43.1. The largest absolute Gasteiger partial charge is 0.501 e. The van der Waals surface area contributed by atoms with Crippen molar-refractivity contribution in [2.24, 2.45) is 0 Å². The van der Waals surface area contributed by atoms with Crippen LogP contribution in [0.2, 0.25) is 12.1 Å². The molecule has 0 amide bonds. The van der Waals surface area contributed by atoms with Gasteiger partial charge in [0.15, 0.2) is 0 Å². The van der Waals surface area contributed by atoms with Gasteiger partial charge >= 0.3 is 27.1 Å². The van der Waals surface area contributed by atoms with Crippen LogP contribution in [-0.4, -0.2) is 288 Å². The smallest absolute Gasteiger partial charge is 0.491 e. The fourth-order valence-electron chi connectivity index (χ4n) is 16.8. The van der Waals surface area contributed by atoms with Crippen molar-refractivity contribution in [2.45, 2.75) is 230 Å². The average molecular weight is 2110 g/mol. The Hall–Kier alpha value is -8.55. The van der Waals surface area contributed by atoms with Crippen molar-refractivity contribution in [1.29, 1.82) is 0 Å². The molecule has 0 radical (unpaired) electrons. The zero-order chi connectivity index (χ0) is 106. The molecule has 4 N–H and O–H groups in total. The van der Waals surface area contributed by atoms with Gasteiger partial charge in [0.2, 0.25) is 0 Å². The second-order valence-corrected chi connectivity index (χ2v) is 44.4. The molecule has 818 valence electrons. The Morgan fingerprint density at radius 2 is 0.561 bits per heavy atom. The van der Waals surface area contributed by atoms with E-state index >= 15 is 0 Å². The molecule has 4 saturated heterocycles. The van der Waals surface area contributed by atoms with Gasteiger partial charge in [-0.25, -0.2) is 0 Å². The highest BCUT2D eigenvalue weighted by molar-refractivity contribution is 6.61. The lowest BCUT2D eigenvalue weighted by atomic mass is 9.91. The van der Waals surface area contributed by atoms with Crippen LogP contribution in [-0.2, 0) is 116 Å². The summed E-state index contributed by atoms with van der Waals surface area (Å²) >= 11 is 0. The summed E-state index contributed by atoms with van der Waals surface area (Å²) in [7, 11) is -7.28. The van der Waals surface area contributed by atoms with E-state index < -0.39 is 51.6 Å². The monoisotopic (exact) mass is 2110 g/mol. The van der Waals surface area contributed by atoms with E-state index in [1.807, 2.05) is 93.5 Å². The Balaban J connectivity index is 0.000000286. The number of benzene rings is 8. The summed E-state index contributed by atoms with van der Waals surface area (Å²) in [6.45, 7) is 54.1. The van der Waals surface area contributed by atoms with Gasteiger partial charge in [0.05, 0.1) is 66.1 Å². The van der Waals surface area contributed by atoms with E-state index in [1.165, 1.54) is 0 Å². The van der Waals surface area contributed by atoms with Crippen LogP contribution in [0.4, 0.5) is 0 Å². The molecular weight excluding hydrogens is 1940 g/mol. The van der Waals surface area contributed by atoms with E-state index in [0.29, 0.717) is 200 Å².